The van der Waals surface area contributed by atoms with Gasteiger partial charge in [-0.1, -0.05) is 13.8 Å². The molecule has 0 bridgehead atoms. The van der Waals surface area contributed by atoms with Crippen molar-refractivity contribution in [3.63, 3.8) is 0 Å². The van der Waals surface area contributed by atoms with Crippen LogP contribution in [0, 0.1) is 5.92 Å². The lowest BCUT2D eigenvalue weighted by atomic mass is 10.0. The van der Waals surface area contributed by atoms with Gasteiger partial charge in [-0.2, -0.15) is 0 Å². The van der Waals surface area contributed by atoms with Gasteiger partial charge in [0.2, 0.25) is 0 Å². The fourth-order valence-corrected chi connectivity index (χ4v) is 1.87. The molecule has 0 aliphatic carbocycles. The Kier molecular flexibility index (Phi) is 6.34. The van der Waals surface area contributed by atoms with Crippen LogP contribution in [0.1, 0.15) is 20.3 Å². The van der Waals surface area contributed by atoms with E-state index >= 15 is 0 Å². The Balaban J connectivity index is 2.77. The summed E-state index contributed by atoms with van der Waals surface area (Å²) >= 11 is 0. The predicted molar refractivity (Wildman–Crippen MR) is 73.1 cm³/mol. The van der Waals surface area contributed by atoms with Gasteiger partial charge in [-0.05, 0) is 12.3 Å². The number of aliphatic carboxylic acids is 1. The number of alkyl carbamates (subject to hydrolysis) is 1. The minimum absolute atomic E-state index is 0.0236. The van der Waals surface area contributed by atoms with Crippen molar-refractivity contribution >= 4 is 18.0 Å². The van der Waals surface area contributed by atoms with E-state index in [2.05, 4.69) is 9.47 Å². The first-order valence-electron chi connectivity index (χ1n) is 6.81. The summed E-state index contributed by atoms with van der Waals surface area (Å²) in [5, 5.41) is 38.9. The van der Waals surface area contributed by atoms with Crippen LogP contribution in [0.3, 0.4) is 0 Å². The summed E-state index contributed by atoms with van der Waals surface area (Å²) in [4.78, 5) is 34.2. The maximum absolute atomic E-state index is 11.7. The van der Waals surface area contributed by atoms with E-state index in [1.807, 2.05) is 5.32 Å². The summed E-state index contributed by atoms with van der Waals surface area (Å²) in [5.41, 5.74) is 0. The summed E-state index contributed by atoms with van der Waals surface area (Å²) in [6.07, 6.45) is -4.28. The molecule has 1 unspecified atom stereocenters. The summed E-state index contributed by atoms with van der Waals surface area (Å²) in [7, 11) is 0. The van der Waals surface area contributed by atoms with E-state index in [0.29, 0.717) is 0 Å². The molecule has 10 heteroatoms. The number of hydrogen-bond acceptors (Lipinski definition) is 8. The summed E-state index contributed by atoms with van der Waals surface area (Å²) in [5.74, 6) is -4.25. The lowest BCUT2D eigenvalue weighted by Crippen LogP contribution is -2.42. The molecule has 0 radical (unpaired) electrons. The molecular weight excluding hydrogens is 314 g/mol. The summed E-state index contributed by atoms with van der Waals surface area (Å²) in [6, 6.07) is -1.23. The third-order valence-electron chi connectivity index (χ3n) is 2.95. The van der Waals surface area contributed by atoms with E-state index in [1.165, 1.54) is 0 Å². The summed E-state index contributed by atoms with van der Waals surface area (Å²) in [6.45, 7) is 2.72. The van der Waals surface area contributed by atoms with Gasteiger partial charge >= 0.3 is 18.0 Å². The zero-order chi connectivity index (χ0) is 17.7. The second-order valence-electron chi connectivity index (χ2n) is 5.34. The van der Waals surface area contributed by atoms with Crippen LogP contribution in [-0.2, 0) is 19.1 Å². The van der Waals surface area contributed by atoms with Crippen molar-refractivity contribution in [2.45, 2.75) is 38.5 Å². The Bertz CT molecular complexity index is 514. The number of carbonyl (C=O) groups excluding carboxylic acids is 2. The zero-order valence-corrected chi connectivity index (χ0v) is 12.6. The highest BCUT2D eigenvalue weighted by Crippen LogP contribution is 2.24. The lowest BCUT2D eigenvalue weighted by molar-refractivity contribution is -0.147. The molecule has 130 valence electrons. The molecule has 0 saturated carbocycles. The highest BCUT2D eigenvalue weighted by atomic mass is 16.6. The number of nitrogens with one attached hydrogen (secondary N) is 1. The van der Waals surface area contributed by atoms with Crippen LogP contribution in [0.5, 0.6) is 0 Å². The molecule has 0 saturated heterocycles. The minimum Gasteiger partial charge on any atom is -0.505 e. The van der Waals surface area contributed by atoms with Crippen LogP contribution in [0.15, 0.2) is 11.5 Å². The SMILES string of the molecule is CC(C)CC(NC(=O)OC1=C(O)[C@@H]([C@@H](O)CO)OC1=O)C(=O)O. The van der Waals surface area contributed by atoms with Crippen molar-refractivity contribution in [3.8, 4) is 0 Å². The lowest BCUT2D eigenvalue weighted by Gasteiger charge is -2.16. The monoisotopic (exact) mass is 333 g/mol. The third kappa shape index (κ3) is 4.83. The van der Waals surface area contributed by atoms with Gasteiger partial charge in [-0.3, -0.25) is 0 Å². The average Bonchev–Trinajstić information content (AvgIpc) is 2.73. The number of ether oxygens (including phenoxy) is 2. The Hall–Kier alpha value is -2.33. The van der Waals surface area contributed by atoms with E-state index in [1.54, 1.807) is 13.8 Å². The third-order valence-corrected chi connectivity index (χ3v) is 2.95. The van der Waals surface area contributed by atoms with Crippen molar-refractivity contribution in [3.05, 3.63) is 11.5 Å². The van der Waals surface area contributed by atoms with E-state index in [-0.39, 0.29) is 12.3 Å². The zero-order valence-electron chi connectivity index (χ0n) is 12.6. The van der Waals surface area contributed by atoms with Crippen molar-refractivity contribution < 1.29 is 44.3 Å². The minimum atomic E-state index is -1.59. The summed E-state index contributed by atoms with van der Waals surface area (Å²) < 4.78 is 9.13. The number of aliphatic hydroxyl groups excluding tert-OH is 3. The largest absolute Gasteiger partial charge is 0.505 e. The number of cyclic esters (lactones) is 1. The molecule has 23 heavy (non-hydrogen) atoms. The standard InChI is InChI=1S/C13H19NO9/c1-5(2)3-6(11(18)19)14-13(21)23-10-8(17)9(7(16)4-15)22-12(10)20/h5-7,9,15-17H,3-4H2,1-2H3,(H,14,21)(H,18,19)/t6?,7-,9+/m0/s1. The molecular formula is C13H19NO9. The average molecular weight is 333 g/mol. The molecule has 3 atom stereocenters. The maximum Gasteiger partial charge on any atom is 0.413 e. The molecule has 1 amide bonds. The Morgan fingerprint density at radius 2 is 2.00 bits per heavy atom. The van der Waals surface area contributed by atoms with Crippen LogP contribution in [0.25, 0.3) is 0 Å². The fourth-order valence-electron chi connectivity index (χ4n) is 1.87. The first-order chi connectivity index (χ1) is 10.7. The number of amides is 1. The topological polar surface area (TPSA) is 163 Å². The van der Waals surface area contributed by atoms with Gasteiger partial charge in [0.25, 0.3) is 5.76 Å². The van der Waals surface area contributed by atoms with Gasteiger partial charge in [-0.25, -0.2) is 14.4 Å². The first-order valence-corrected chi connectivity index (χ1v) is 6.81. The number of carbonyl (C=O) groups is 3. The Morgan fingerprint density at radius 3 is 2.48 bits per heavy atom. The van der Waals surface area contributed by atoms with Crippen LogP contribution in [0.4, 0.5) is 4.79 Å². The maximum atomic E-state index is 11.7. The highest BCUT2D eigenvalue weighted by molar-refractivity contribution is 5.92. The number of carboxylic acids is 1. The fraction of sp³-hybridized carbons (Fsp3) is 0.615. The van der Waals surface area contributed by atoms with Gasteiger partial charge < -0.3 is 35.2 Å². The van der Waals surface area contributed by atoms with E-state index in [4.69, 9.17) is 10.2 Å². The van der Waals surface area contributed by atoms with Gasteiger partial charge in [0.05, 0.1) is 6.61 Å². The Labute approximate surface area is 131 Å². The van der Waals surface area contributed by atoms with Gasteiger partial charge in [0, 0.05) is 0 Å². The number of hydrogen-bond donors (Lipinski definition) is 5. The second kappa shape index (κ2) is 7.79. The molecule has 1 rings (SSSR count). The van der Waals surface area contributed by atoms with E-state index in [9.17, 15) is 24.6 Å². The normalized spacial score (nSPS) is 20.2. The van der Waals surface area contributed by atoms with Crippen molar-refractivity contribution in [1.29, 1.82) is 0 Å². The van der Waals surface area contributed by atoms with Gasteiger partial charge in [0.1, 0.15) is 12.1 Å². The molecule has 0 spiro atoms. The molecule has 0 fully saturated rings. The smallest absolute Gasteiger partial charge is 0.413 e. The molecule has 1 heterocycles. The molecule has 0 aromatic rings. The molecule has 1 aliphatic heterocycles. The van der Waals surface area contributed by atoms with Crippen molar-refractivity contribution in [2.75, 3.05) is 6.61 Å². The van der Waals surface area contributed by atoms with Gasteiger partial charge in [0.15, 0.2) is 11.9 Å². The number of esters is 1. The quantitative estimate of drug-likeness (QED) is 0.377. The number of carboxylic acid groups (broad SMARTS) is 1. The van der Waals surface area contributed by atoms with Crippen molar-refractivity contribution in [1.82, 2.24) is 5.32 Å². The van der Waals surface area contributed by atoms with Crippen LogP contribution < -0.4 is 5.32 Å². The molecule has 5 N–H and O–H groups in total. The molecule has 10 nitrogen and oxygen atoms in total. The second-order valence-corrected chi connectivity index (χ2v) is 5.34. The van der Waals surface area contributed by atoms with E-state index < -0.39 is 54.4 Å². The number of rotatable bonds is 7. The van der Waals surface area contributed by atoms with Crippen LogP contribution >= 0.6 is 0 Å². The Morgan fingerprint density at radius 1 is 1.39 bits per heavy atom. The number of aliphatic hydroxyl groups is 3. The molecule has 0 aromatic heterocycles. The van der Waals surface area contributed by atoms with Gasteiger partial charge in [-0.15, -0.1) is 0 Å². The van der Waals surface area contributed by atoms with Crippen LogP contribution in [0.2, 0.25) is 0 Å². The first kappa shape index (κ1) is 18.7. The van der Waals surface area contributed by atoms with E-state index in [0.717, 1.165) is 0 Å². The molecule has 0 aromatic carbocycles. The highest BCUT2D eigenvalue weighted by Gasteiger charge is 2.41. The van der Waals surface area contributed by atoms with Crippen LogP contribution in [-0.4, -0.2) is 63.3 Å². The predicted octanol–water partition coefficient (Wildman–Crippen LogP) is -0.740. The van der Waals surface area contributed by atoms with Crippen molar-refractivity contribution in [2.24, 2.45) is 5.92 Å². The molecule has 1 aliphatic rings.